The van der Waals surface area contributed by atoms with Gasteiger partial charge in [-0.25, -0.2) is 4.79 Å². The molecule has 0 radical (unpaired) electrons. The molecule has 1 aromatic carbocycles. The van der Waals surface area contributed by atoms with Crippen molar-refractivity contribution in [1.29, 1.82) is 0 Å². The van der Waals surface area contributed by atoms with Gasteiger partial charge in [0.1, 0.15) is 5.56 Å². The molecule has 8 nitrogen and oxygen atoms in total. The van der Waals surface area contributed by atoms with Gasteiger partial charge in [0.15, 0.2) is 11.5 Å². The van der Waals surface area contributed by atoms with Gasteiger partial charge >= 0.3 is 5.69 Å². The Labute approximate surface area is 117 Å². The van der Waals surface area contributed by atoms with E-state index in [0.717, 1.165) is 11.8 Å². The van der Waals surface area contributed by atoms with Crippen molar-refractivity contribution in [1.82, 2.24) is 15.3 Å². The van der Waals surface area contributed by atoms with Crippen LogP contribution in [0.3, 0.4) is 0 Å². The zero-order chi connectivity index (χ0) is 14.8. The van der Waals surface area contributed by atoms with Gasteiger partial charge in [0.2, 0.25) is 6.79 Å². The maximum atomic E-state index is 11.9. The second-order valence-electron chi connectivity index (χ2n) is 4.36. The monoisotopic (exact) mass is 289 g/mol. The molecule has 3 N–H and O–H groups in total. The molecule has 0 spiro atoms. The highest BCUT2D eigenvalue weighted by Crippen LogP contribution is 2.32. The van der Waals surface area contributed by atoms with Crippen LogP contribution in [0.4, 0.5) is 0 Å². The van der Waals surface area contributed by atoms with E-state index < -0.39 is 17.2 Å². The van der Waals surface area contributed by atoms with Crippen LogP contribution in [-0.2, 0) is 6.54 Å². The zero-order valence-electron chi connectivity index (χ0n) is 10.8. The Morgan fingerprint density at radius 1 is 1.24 bits per heavy atom. The van der Waals surface area contributed by atoms with E-state index in [9.17, 15) is 14.4 Å². The molecule has 0 unspecified atom stereocenters. The van der Waals surface area contributed by atoms with Crippen LogP contribution in [0, 0.1) is 0 Å². The normalized spacial score (nSPS) is 12.2. The number of ether oxygens (including phenoxy) is 2. The summed E-state index contributed by atoms with van der Waals surface area (Å²) in [6, 6.07) is 5.28. The van der Waals surface area contributed by atoms with Crippen molar-refractivity contribution < 1.29 is 14.3 Å². The quantitative estimate of drug-likeness (QED) is 0.719. The lowest BCUT2D eigenvalue weighted by molar-refractivity contribution is 0.0949. The third-order valence-corrected chi connectivity index (χ3v) is 2.95. The lowest BCUT2D eigenvalue weighted by Crippen LogP contribution is -2.33. The molecule has 0 aliphatic carbocycles. The Hall–Kier alpha value is -3.03. The fourth-order valence-electron chi connectivity index (χ4n) is 1.91. The molecule has 1 aliphatic heterocycles. The topological polar surface area (TPSA) is 113 Å². The molecule has 21 heavy (non-hydrogen) atoms. The number of nitrogens with one attached hydrogen (secondary N) is 3. The summed E-state index contributed by atoms with van der Waals surface area (Å²) >= 11 is 0. The van der Waals surface area contributed by atoms with E-state index in [-0.39, 0.29) is 18.9 Å². The smallest absolute Gasteiger partial charge is 0.325 e. The third kappa shape index (κ3) is 2.64. The van der Waals surface area contributed by atoms with Crippen LogP contribution in [0.2, 0.25) is 0 Å². The molecule has 0 bridgehead atoms. The Balaban J connectivity index is 1.71. The number of carbonyl (C=O) groups excluding carboxylic acids is 1. The zero-order valence-corrected chi connectivity index (χ0v) is 10.8. The van der Waals surface area contributed by atoms with E-state index in [4.69, 9.17) is 9.47 Å². The van der Waals surface area contributed by atoms with E-state index in [1.165, 1.54) is 0 Å². The van der Waals surface area contributed by atoms with Crippen molar-refractivity contribution in [2.45, 2.75) is 6.54 Å². The summed E-state index contributed by atoms with van der Waals surface area (Å²) in [5.41, 5.74) is -0.752. The predicted octanol–water partition coefficient (Wildman–Crippen LogP) is -0.278. The average molecular weight is 289 g/mol. The highest BCUT2D eigenvalue weighted by molar-refractivity contribution is 5.93. The number of aromatic nitrogens is 2. The molecular formula is C13H11N3O5. The second kappa shape index (κ2) is 5.16. The van der Waals surface area contributed by atoms with E-state index in [2.05, 4.69) is 10.3 Å². The lowest BCUT2D eigenvalue weighted by atomic mass is 10.2. The summed E-state index contributed by atoms with van der Waals surface area (Å²) in [5, 5.41) is 2.59. The van der Waals surface area contributed by atoms with Gasteiger partial charge in [-0.3, -0.25) is 14.6 Å². The number of hydrogen-bond donors (Lipinski definition) is 3. The second-order valence-corrected chi connectivity index (χ2v) is 4.36. The van der Waals surface area contributed by atoms with Crippen molar-refractivity contribution in [3.63, 3.8) is 0 Å². The van der Waals surface area contributed by atoms with E-state index in [1.807, 2.05) is 4.98 Å². The standard InChI is InChI=1S/C13H11N3O5/c17-11(8-5-15-13(19)16-12(8)18)14-4-7-1-2-9-10(3-7)21-6-20-9/h1-3,5H,4,6H2,(H,14,17)(H2,15,16,18,19). The van der Waals surface area contributed by atoms with E-state index in [0.29, 0.717) is 11.5 Å². The molecule has 1 aromatic heterocycles. The number of carbonyl (C=O) groups is 1. The van der Waals surface area contributed by atoms with Crippen LogP contribution in [0.5, 0.6) is 11.5 Å². The fourth-order valence-corrected chi connectivity index (χ4v) is 1.91. The number of fused-ring (bicyclic) bond motifs is 1. The molecule has 0 saturated carbocycles. The first kappa shape index (κ1) is 13.0. The van der Waals surface area contributed by atoms with Crippen molar-refractivity contribution in [3.8, 4) is 11.5 Å². The highest BCUT2D eigenvalue weighted by atomic mass is 16.7. The Kier molecular flexibility index (Phi) is 3.19. The Morgan fingerprint density at radius 2 is 2.05 bits per heavy atom. The van der Waals surface area contributed by atoms with E-state index >= 15 is 0 Å². The molecule has 0 saturated heterocycles. The summed E-state index contributed by atoms with van der Waals surface area (Å²) < 4.78 is 10.4. The molecule has 0 fully saturated rings. The summed E-state index contributed by atoms with van der Waals surface area (Å²) in [7, 11) is 0. The molecule has 108 valence electrons. The Morgan fingerprint density at radius 3 is 2.86 bits per heavy atom. The minimum absolute atomic E-state index is 0.157. The first-order valence-electron chi connectivity index (χ1n) is 6.12. The number of amides is 1. The number of hydrogen-bond acceptors (Lipinski definition) is 5. The van der Waals surface area contributed by atoms with Crippen molar-refractivity contribution in [2.75, 3.05) is 6.79 Å². The summed E-state index contributed by atoms with van der Waals surface area (Å²) in [4.78, 5) is 38.5. The van der Waals surface area contributed by atoms with Crippen molar-refractivity contribution in [2.24, 2.45) is 0 Å². The number of benzene rings is 1. The summed E-state index contributed by atoms with van der Waals surface area (Å²) in [6.07, 6.45) is 1.08. The number of rotatable bonds is 3. The van der Waals surface area contributed by atoms with Crippen LogP contribution in [0.25, 0.3) is 0 Å². The van der Waals surface area contributed by atoms with Crippen LogP contribution in [0.1, 0.15) is 15.9 Å². The molecule has 1 amide bonds. The van der Waals surface area contributed by atoms with Gasteiger partial charge in [0.25, 0.3) is 11.5 Å². The maximum Gasteiger partial charge on any atom is 0.325 e. The van der Waals surface area contributed by atoms with Crippen molar-refractivity contribution >= 4 is 5.91 Å². The lowest BCUT2D eigenvalue weighted by Gasteiger charge is -2.05. The molecule has 3 rings (SSSR count). The summed E-state index contributed by atoms with van der Waals surface area (Å²) in [6.45, 7) is 0.395. The van der Waals surface area contributed by atoms with Gasteiger partial charge in [-0.1, -0.05) is 6.07 Å². The van der Waals surface area contributed by atoms with Crippen molar-refractivity contribution in [3.05, 3.63) is 56.4 Å². The van der Waals surface area contributed by atoms with E-state index in [1.54, 1.807) is 18.2 Å². The van der Waals surface area contributed by atoms with Gasteiger partial charge in [-0.2, -0.15) is 0 Å². The van der Waals surface area contributed by atoms with Gasteiger partial charge in [0.05, 0.1) is 0 Å². The third-order valence-electron chi connectivity index (χ3n) is 2.95. The van der Waals surface area contributed by atoms with Crippen LogP contribution < -0.4 is 26.0 Å². The molecular weight excluding hydrogens is 278 g/mol. The SMILES string of the molecule is O=C(NCc1ccc2c(c1)OCO2)c1c[nH]c(=O)[nH]c1=O. The largest absolute Gasteiger partial charge is 0.454 e. The van der Waals surface area contributed by atoms with Gasteiger partial charge in [-0.05, 0) is 17.7 Å². The van der Waals surface area contributed by atoms with Crippen LogP contribution in [-0.4, -0.2) is 22.7 Å². The molecule has 2 aromatic rings. The maximum absolute atomic E-state index is 11.9. The first-order valence-corrected chi connectivity index (χ1v) is 6.12. The number of aromatic amines is 2. The molecule has 1 aliphatic rings. The molecule has 8 heteroatoms. The molecule has 2 heterocycles. The molecule has 0 atom stereocenters. The fraction of sp³-hybridized carbons (Fsp3) is 0.154. The van der Waals surface area contributed by atoms with Gasteiger partial charge in [0, 0.05) is 12.7 Å². The first-order chi connectivity index (χ1) is 10.1. The van der Waals surface area contributed by atoms with Crippen LogP contribution >= 0.6 is 0 Å². The summed E-state index contributed by atoms with van der Waals surface area (Å²) in [5.74, 6) is 0.691. The highest BCUT2D eigenvalue weighted by Gasteiger charge is 2.14. The Bertz CT molecular complexity index is 808. The number of H-pyrrole nitrogens is 2. The minimum atomic E-state index is -0.734. The predicted molar refractivity (Wildman–Crippen MR) is 71.4 cm³/mol. The average Bonchev–Trinajstić information content (AvgIpc) is 2.92. The minimum Gasteiger partial charge on any atom is -0.454 e. The van der Waals surface area contributed by atoms with Gasteiger partial charge in [-0.15, -0.1) is 0 Å². The van der Waals surface area contributed by atoms with Gasteiger partial charge < -0.3 is 19.8 Å². The van der Waals surface area contributed by atoms with Crippen LogP contribution in [0.15, 0.2) is 34.0 Å².